The van der Waals surface area contributed by atoms with Gasteiger partial charge in [-0.3, -0.25) is 14.5 Å². The van der Waals surface area contributed by atoms with Crippen molar-refractivity contribution in [3.8, 4) is 0 Å². The van der Waals surface area contributed by atoms with Crippen molar-refractivity contribution < 1.29 is 22.4 Å². The van der Waals surface area contributed by atoms with Gasteiger partial charge in [-0.2, -0.15) is 0 Å². The standard InChI is InChI=1S/C25H26N4O5S/c1-29(14-15-35(2,32)33)16-18-12-13-21(34-18)24(30)28-23-25(31)26-20-11-7-6-10-19(20)22(27-23)17-8-4-3-5-9-17/h3-13,23H,14-16H2,1-2H3,(H,26,31)(H,28,30)/t23-/m1/s1. The van der Waals surface area contributed by atoms with Crippen LogP contribution in [0.15, 0.2) is 76.1 Å². The molecule has 182 valence electrons. The average Bonchev–Trinajstić information content (AvgIpc) is 3.24. The first-order valence-electron chi connectivity index (χ1n) is 11.0. The Labute approximate surface area is 203 Å². The Morgan fingerprint density at radius 1 is 1.09 bits per heavy atom. The van der Waals surface area contributed by atoms with Gasteiger partial charge in [0, 0.05) is 23.9 Å². The molecule has 0 saturated heterocycles. The fraction of sp³-hybridized carbons (Fsp3) is 0.240. The second-order valence-electron chi connectivity index (χ2n) is 8.39. The van der Waals surface area contributed by atoms with Crippen LogP contribution in [0.4, 0.5) is 5.69 Å². The first-order valence-corrected chi connectivity index (χ1v) is 13.0. The van der Waals surface area contributed by atoms with Crippen LogP contribution in [0.2, 0.25) is 0 Å². The van der Waals surface area contributed by atoms with Crippen LogP contribution in [0.3, 0.4) is 0 Å². The van der Waals surface area contributed by atoms with E-state index in [1.807, 2.05) is 48.5 Å². The van der Waals surface area contributed by atoms with Crippen LogP contribution in [0.5, 0.6) is 0 Å². The maximum absolute atomic E-state index is 12.9. The third-order valence-electron chi connectivity index (χ3n) is 5.42. The van der Waals surface area contributed by atoms with Gasteiger partial charge in [-0.25, -0.2) is 13.4 Å². The van der Waals surface area contributed by atoms with E-state index in [0.717, 1.165) is 11.1 Å². The van der Waals surface area contributed by atoms with Gasteiger partial charge in [-0.1, -0.05) is 48.5 Å². The maximum atomic E-state index is 12.9. The number of benzodiazepines with no additional fused rings is 1. The van der Waals surface area contributed by atoms with Gasteiger partial charge >= 0.3 is 0 Å². The van der Waals surface area contributed by atoms with Crippen LogP contribution < -0.4 is 10.6 Å². The molecule has 0 radical (unpaired) electrons. The van der Waals surface area contributed by atoms with Crippen molar-refractivity contribution in [1.29, 1.82) is 0 Å². The molecular weight excluding hydrogens is 468 g/mol. The molecule has 9 nitrogen and oxygen atoms in total. The Kier molecular flexibility index (Phi) is 7.13. The molecule has 4 rings (SSSR count). The Morgan fingerprint density at radius 3 is 2.54 bits per heavy atom. The van der Waals surface area contributed by atoms with Crippen molar-refractivity contribution >= 4 is 33.1 Å². The van der Waals surface area contributed by atoms with E-state index in [1.54, 1.807) is 24.1 Å². The second-order valence-corrected chi connectivity index (χ2v) is 10.6. The van der Waals surface area contributed by atoms with E-state index in [0.29, 0.717) is 30.2 Å². The molecule has 2 amide bonds. The van der Waals surface area contributed by atoms with Crippen molar-refractivity contribution in [2.24, 2.45) is 4.99 Å². The molecule has 1 aliphatic rings. The average molecular weight is 495 g/mol. The quantitative estimate of drug-likeness (QED) is 0.496. The molecule has 1 atom stereocenters. The molecular formula is C25H26N4O5S. The Bertz CT molecular complexity index is 1370. The number of aliphatic imine (C=N–C) groups is 1. The predicted octanol–water partition coefficient (Wildman–Crippen LogP) is 2.30. The highest BCUT2D eigenvalue weighted by molar-refractivity contribution is 7.90. The summed E-state index contributed by atoms with van der Waals surface area (Å²) in [6, 6.07) is 19.9. The number of fused-ring (bicyclic) bond motifs is 1. The summed E-state index contributed by atoms with van der Waals surface area (Å²) in [7, 11) is -1.31. The molecule has 0 fully saturated rings. The number of carbonyl (C=O) groups is 2. The van der Waals surface area contributed by atoms with Gasteiger partial charge in [-0.05, 0) is 25.2 Å². The fourth-order valence-electron chi connectivity index (χ4n) is 3.63. The van der Waals surface area contributed by atoms with Crippen LogP contribution in [0.1, 0.15) is 27.4 Å². The smallest absolute Gasteiger partial charge is 0.289 e. The lowest BCUT2D eigenvalue weighted by atomic mass is 10.0. The summed E-state index contributed by atoms with van der Waals surface area (Å²) in [4.78, 5) is 32.2. The maximum Gasteiger partial charge on any atom is 0.289 e. The third-order valence-corrected chi connectivity index (χ3v) is 6.34. The minimum Gasteiger partial charge on any atom is -0.455 e. The molecule has 0 unspecified atom stereocenters. The monoisotopic (exact) mass is 494 g/mol. The number of nitrogens with one attached hydrogen (secondary N) is 2. The number of sulfone groups is 1. The summed E-state index contributed by atoms with van der Waals surface area (Å²) >= 11 is 0. The van der Waals surface area contributed by atoms with Crippen LogP contribution in [0.25, 0.3) is 0 Å². The highest BCUT2D eigenvalue weighted by Gasteiger charge is 2.28. The summed E-state index contributed by atoms with van der Waals surface area (Å²) in [6.07, 6.45) is 0.0143. The molecule has 2 heterocycles. The lowest BCUT2D eigenvalue weighted by Crippen LogP contribution is -2.42. The van der Waals surface area contributed by atoms with E-state index in [9.17, 15) is 18.0 Å². The third kappa shape index (κ3) is 6.23. The van der Waals surface area contributed by atoms with Crippen molar-refractivity contribution in [3.63, 3.8) is 0 Å². The van der Waals surface area contributed by atoms with Crippen molar-refractivity contribution in [3.05, 3.63) is 89.4 Å². The van der Waals surface area contributed by atoms with E-state index in [-0.39, 0.29) is 11.5 Å². The zero-order chi connectivity index (χ0) is 25.0. The number of benzene rings is 2. The number of nitrogens with zero attached hydrogens (tertiary/aromatic N) is 2. The van der Waals surface area contributed by atoms with Gasteiger partial charge in [0.05, 0.1) is 23.7 Å². The Hall–Kier alpha value is -3.76. The number of hydrogen-bond acceptors (Lipinski definition) is 7. The molecule has 35 heavy (non-hydrogen) atoms. The molecule has 0 spiro atoms. The van der Waals surface area contributed by atoms with Gasteiger partial charge in [0.25, 0.3) is 11.8 Å². The molecule has 2 aromatic carbocycles. The molecule has 0 bridgehead atoms. The van der Waals surface area contributed by atoms with Crippen LogP contribution >= 0.6 is 0 Å². The number of furan rings is 1. The van der Waals surface area contributed by atoms with Crippen molar-refractivity contribution in [2.75, 3.05) is 30.9 Å². The molecule has 3 aromatic rings. The number of anilines is 1. The van der Waals surface area contributed by atoms with E-state index in [1.165, 1.54) is 12.3 Å². The van der Waals surface area contributed by atoms with E-state index in [4.69, 9.17) is 4.42 Å². The van der Waals surface area contributed by atoms with Gasteiger partial charge in [0.1, 0.15) is 15.6 Å². The summed E-state index contributed by atoms with van der Waals surface area (Å²) in [5.41, 5.74) is 2.75. The number of hydrogen-bond donors (Lipinski definition) is 2. The summed E-state index contributed by atoms with van der Waals surface area (Å²) in [5.74, 6) is -0.500. The van der Waals surface area contributed by atoms with Gasteiger partial charge in [0.2, 0.25) is 6.17 Å². The Balaban J connectivity index is 1.52. The topological polar surface area (TPSA) is 121 Å². The minimum absolute atomic E-state index is 0.0263. The molecule has 1 aliphatic heterocycles. The lowest BCUT2D eigenvalue weighted by Gasteiger charge is -2.14. The van der Waals surface area contributed by atoms with E-state index < -0.39 is 27.8 Å². The largest absolute Gasteiger partial charge is 0.455 e. The molecule has 2 N–H and O–H groups in total. The van der Waals surface area contributed by atoms with Crippen LogP contribution in [-0.2, 0) is 21.2 Å². The predicted molar refractivity (Wildman–Crippen MR) is 133 cm³/mol. The summed E-state index contributed by atoms with van der Waals surface area (Å²) < 4.78 is 28.4. The SMILES string of the molecule is CN(CCS(C)(=O)=O)Cc1ccc(C(=O)N[C@H]2N=C(c3ccccc3)c3ccccc3NC2=O)o1. The van der Waals surface area contributed by atoms with Crippen LogP contribution in [0, 0.1) is 0 Å². The van der Waals surface area contributed by atoms with E-state index >= 15 is 0 Å². The number of para-hydroxylation sites is 1. The summed E-state index contributed by atoms with van der Waals surface area (Å²) in [6.45, 7) is 0.666. The van der Waals surface area contributed by atoms with Crippen LogP contribution in [-0.4, -0.2) is 62.6 Å². The zero-order valence-corrected chi connectivity index (χ0v) is 20.2. The molecule has 1 aromatic heterocycles. The first kappa shape index (κ1) is 24.4. The number of amides is 2. The lowest BCUT2D eigenvalue weighted by molar-refractivity contribution is -0.117. The normalized spacial score (nSPS) is 15.7. The zero-order valence-electron chi connectivity index (χ0n) is 19.4. The van der Waals surface area contributed by atoms with Gasteiger partial charge in [0.15, 0.2) is 5.76 Å². The summed E-state index contributed by atoms with van der Waals surface area (Å²) in [5, 5.41) is 5.48. The highest BCUT2D eigenvalue weighted by Crippen LogP contribution is 2.24. The highest BCUT2D eigenvalue weighted by atomic mass is 32.2. The van der Waals surface area contributed by atoms with Gasteiger partial charge in [-0.15, -0.1) is 0 Å². The number of rotatable bonds is 8. The minimum atomic E-state index is -3.08. The van der Waals surface area contributed by atoms with Crippen molar-refractivity contribution in [1.82, 2.24) is 10.2 Å². The number of carbonyl (C=O) groups excluding carboxylic acids is 2. The molecule has 0 aliphatic carbocycles. The molecule has 10 heteroatoms. The van der Waals surface area contributed by atoms with Gasteiger partial charge < -0.3 is 15.1 Å². The Morgan fingerprint density at radius 2 is 1.80 bits per heavy atom. The molecule has 0 saturated carbocycles. The first-order chi connectivity index (χ1) is 16.7. The second kappa shape index (κ2) is 10.2. The van der Waals surface area contributed by atoms with Crippen molar-refractivity contribution in [2.45, 2.75) is 12.7 Å². The fourth-order valence-corrected chi connectivity index (χ4v) is 4.27. The van der Waals surface area contributed by atoms with E-state index in [2.05, 4.69) is 15.6 Å².